The number of esters is 1. The van der Waals surface area contributed by atoms with Gasteiger partial charge in [0.2, 0.25) is 0 Å². The molecule has 0 aliphatic heterocycles. The van der Waals surface area contributed by atoms with E-state index in [2.05, 4.69) is 10.1 Å². The maximum absolute atomic E-state index is 13.3. The summed E-state index contributed by atoms with van der Waals surface area (Å²) in [6, 6.07) is 5.94. The van der Waals surface area contributed by atoms with Gasteiger partial charge in [-0.25, -0.2) is 4.39 Å². The molecular formula is C11H11FN2O2. The van der Waals surface area contributed by atoms with E-state index in [1.165, 1.54) is 19.2 Å². The van der Waals surface area contributed by atoms with Gasteiger partial charge in [-0.1, -0.05) is 0 Å². The van der Waals surface area contributed by atoms with E-state index in [0.717, 1.165) is 6.07 Å². The van der Waals surface area contributed by atoms with Crippen LogP contribution in [0.2, 0.25) is 0 Å². The lowest BCUT2D eigenvalue weighted by Crippen LogP contribution is -2.10. The molecule has 1 rings (SSSR count). The molecule has 0 amide bonds. The van der Waals surface area contributed by atoms with Crippen LogP contribution in [0.4, 0.5) is 10.1 Å². The van der Waals surface area contributed by atoms with Gasteiger partial charge in [0, 0.05) is 6.54 Å². The highest BCUT2D eigenvalue weighted by Gasteiger charge is 2.04. The third-order valence-corrected chi connectivity index (χ3v) is 1.97. The first-order valence-corrected chi connectivity index (χ1v) is 4.67. The summed E-state index contributed by atoms with van der Waals surface area (Å²) in [7, 11) is 1.30. The van der Waals surface area contributed by atoms with Crippen molar-refractivity contribution >= 4 is 11.7 Å². The fourth-order valence-corrected chi connectivity index (χ4v) is 1.13. The second-order valence-electron chi connectivity index (χ2n) is 3.06. The minimum absolute atomic E-state index is 0.163. The summed E-state index contributed by atoms with van der Waals surface area (Å²) in [6.07, 6.45) is 0.163. The van der Waals surface area contributed by atoms with Crippen molar-refractivity contribution in [1.29, 1.82) is 5.26 Å². The third-order valence-electron chi connectivity index (χ3n) is 1.97. The van der Waals surface area contributed by atoms with Crippen molar-refractivity contribution in [3.8, 4) is 6.07 Å². The maximum Gasteiger partial charge on any atom is 0.307 e. The fourth-order valence-electron chi connectivity index (χ4n) is 1.13. The summed E-state index contributed by atoms with van der Waals surface area (Å²) < 4.78 is 17.8. The molecule has 0 saturated carbocycles. The molecule has 0 radical (unpaired) electrons. The number of methoxy groups -OCH3 is 1. The standard InChI is InChI=1S/C11H11FN2O2/c1-16-11(15)4-5-14-10-3-2-8(7-13)6-9(10)12/h2-3,6,14H,4-5H2,1H3. The number of hydrogen-bond acceptors (Lipinski definition) is 4. The monoisotopic (exact) mass is 222 g/mol. The number of carbonyl (C=O) groups excluding carboxylic acids is 1. The Hall–Kier alpha value is -2.09. The Bertz CT molecular complexity index is 426. The molecule has 1 N–H and O–H groups in total. The van der Waals surface area contributed by atoms with Crippen LogP contribution < -0.4 is 5.32 Å². The van der Waals surface area contributed by atoms with Crippen molar-refractivity contribution in [2.75, 3.05) is 19.0 Å². The van der Waals surface area contributed by atoms with E-state index in [4.69, 9.17) is 5.26 Å². The SMILES string of the molecule is COC(=O)CCNc1ccc(C#N)cc1F. The summed E-state index contributed by atoms with van der Waals surface area (Å²) in [5.41, 5.74) is 0.527. The van der Waals surface area contributed by atoms with Crippen LogP contribution in [-0.2, 0) is 9.53 Å². The zero-order valence-corrected chi connectivity index (χ0v) is 8.79. The van der Waals surface area contributed by atoms with E-state index in [-0.39, 0.29) is 30.2 Å². The first-order chi connectivity index (χ1) is 7.67. The summed E-state index contributed by atoms with van der Waals surface area (Å²) >= 11 is 0. The average Bonchev–Trinajstić information content (AvgIpc) is 2.30. The van der Waals surface area contributed by atoms with E-state index < -0.39 is 5.82 Å². The van der Waals surface area contributed by atoms with E-state index >= 15 is 0 Å². The first kappa shape index (κ1) is 12.0. The first-order valence-electron chi connectivity index (χ1n) is 4.67. The number of nitrogens with one attached hydrogen (secondary N) is 1. The van der Waals surface area contributed by atoms with Gasteiger partial charge in [0.1, 0.15) is 5.82 Å². The Morgan fingerprint density at radius 1 is 1.62 bits per heavy atom. The second kappa shape index (κ2) is 5.71. The quantitative estimate of drug-likeness (QED) is 0.787. The molecular weight excluding hydrogens is 211 g/mol. The molecule has 84 valence electrons. The molecule has 0 aromatic heterocycles. The van der Waals surface area contributed by atoms with Crippen LogP contribution in [0.5, 0.6) is 0 Å². The Balaban J connectivity index is 2.55. The highest BCUT2D eigenvalue weighted by molar-refractivity contribution is 5.69. The molecule has 0 aliphatic carbocycles. The number of halogens is 1. The summed E-state index contributed by atoms with van der Waals surface area (Å²) in [5, 5.41) is 11.3. The van der Waals surface area contributed by atoms with E-state index in [1.807, 2.05) is 6.07 Å². The summed E-state index contributed by atoms with van der Waals surface area (Å²) in [6.45, 7) is 0.287. The normalized spacial score (nSPS) is 9.31. The van der Waals surface area contributed by atoms with Gasteiger partial charge >= 0.3 is 5.97 Å². The molecule has 0 spiro atoms. The lowest BCUT2D eigenvalue weighted by molar-refractivity contribution is -0.140. The van der Waals surface area contributed by atoms with Crippen LogP contribution in [-0.4, -0.2) is 19.6 Å². The molecule has 4 nitrogen and oxygen atoms in total. The largest absolute Gasteiger partial charge is 0.469 e. The van der Waals surface area contributed by atoms with Gasteiger partial charge in [-0.15, -0.1) is 0 Å². The molecule has 0 fully saturated rings. The third kappa shape index (κ3) is 3.24. The molecule has 1 aromatic rings. The lowest BCUT2D eigenvalue weighted by Gasteiger charge is -2.06. The molecule has 5 heteroatoms. The minimum atomic E-state index is -0.510. The van der Waals surface area contributed by atoms with Crippen molar-refractivity contribution in [2.24, 2.45) is 0 Å². The van der Waals surface area contributed by atoms with Crippen molar-refractivity contribution in [3.05, 3.63) is 29.6 Å². The van der Waals surface area contributed by atoms with Gasteiger partial charge in [0.05, 0.1) is 30.9 Å². The van der Waals surface area contributed by atoms with Crippen LogP contribution in [0.25, 0.3) is 0 Å². The highest BCUT2D eigenvalue weighted by Crippen LogP contribution is 2.15. The number of nitriles is 1. The van der Waals surface area contributed by atoms with Crippen molar-refractivity contribution < 1.29 is 13.9 Å². The van der Waals surface area contributed by atoms with Gasteiger partial charge in [-0.3, -0.25) is 4.79 Å². The summed E-state index contributed by atoms with van der Waals surface area (Å²) in [4.78, 5) is 10.8. The zero-order chi connectivity index (χ0) is 12.0. The molecule has 0 aliphatic rings. The minimum Gasteiger partial charge on any atom is -0.469 e. The summed E-state index contributed by atoms with van der Waals surface area (Å²) in [5.74, 6) is -0.870. The molecule has 0 heterocycles. The van der Waals surface area contributed by atoms with Crippen molar-refractivity contribution in [2.45, 2.75) is 6.42 Å². The van der Waals surface area contributed by atoms with Gasteiger partial charge in [0.25, 0.3) is 0 Å². The zero-order valence-electron chi connectivity index (χ0n) is 8.79. The number of nitrogens with zero attached hydrogens (tertiary/aromatic N) is 1. The molecule has 0 unspecified atom stereocenters. The van der Waals surface area contributed by atoms with Gasteiger partial charge in [-0.05, 0) is 18.2 Å². The Kier molecular flexibility index (Phi) is 4.28. The fraction of sp³-hybridized carbons (Fsp3) is 0.273. The number of hydrogen-bond donors (Lipinski definition) is 1. The van der Waals surface area contributed by atoms with E-state index in [9.17, 15) is 9.18 Å². The number of anilines is 1. The van der Waals surface area contributed by atoms with Crippen LogP contribution in [0.15, 0.2) is 18.2 Å². The Morgan fingerprint density at radius 2 is 2.38 bits per heavy atom. The smallest absolute Gasteiger partial charge is 0.307 e. The topological polar surface area (TPSA) is 62.1 Å². The van der Waals surface area contributed by atoms with E-state index in [1.54, 1.807) is 0 Å². The number of carbonyl (C=O) groups is 1. The average molecular weight is 222 g/mol. The molecule has 16 heavy (non-hydrogen) atoms. The number of ether oxygens (including phenoxy) is 1. The molecule has 0 bridgehead atoms. The van der Waals surface area contributed by atoms with Gasteiger partial charge in [0.15, 0.2) is 0 Å². The highest BCUT2D eigenvalue weighted by atomic mass is 19.1. The van der Waals surface area contributed by atoms with Gasteiger partial charge in [-0.2, -0.15) is 5.26 Å². The van der Waals surface area contributed by atoms with Gasteiger partial charge < -0.3 is 10.1 Å². The van der Waals surface area contributed by atoms with Crippen molar-refractivity contribution in [1.82, 2.24) is 0 Å². The molecule has 1 aromatic carbocycles. The lowest BCUT2D eigenvalue weighted by atomic mass is 10.2. The van der Waals surface area contributed by atoms with Crippen molar-refractivity contribution in [3.63, 3.8) is 0 Å². The van der Waals surface area contributed by atoms with Crippen LogP contribution >= 0.6 is 0 Å². The Labute approximate surface area is 92.6 Å². The molecule has 0 atom stereocenters. The Morgan fingerprint density at radius 3 is 2.94 bits per heavy atom. The predicted octanol–water partition coefficient (Wildman–Crippen LogP) is 1.67. The van der Waals surface area contributed by atoms with Crippen LogP contribution in [0.3, 0.4) is 0 Å². The predicted molar refractivity (Wildman–Crippen MR) is 56.2 cm³/mol. The van der Waals surface area contributed by atoms with Crippen LogP contribution in [0.1, 0.15) is 12.0 Å². The second-order valence-corrected chi connectivity index (χ2v) is 3.06. The number of rotatable bonds is 4. The van der Waals surface area contributed by atoms with E-state index in [0.29, 0.717) is 0 Å². The maximum atomic E-state index is 13.3. The molecule has 0 saturated heterocycles. The number of benzene rings is 1. The van der Waals surface area contributed by atoms with Crippen LogP contribution in [0, 0.1) is 17.1 Å².